The minimum atomic E-state index is -0.925. The minimum absolute atomic E-state index is 0.0693. The van der Waals surface area contributed by atoms with E-state index in [2.05, 4.69) is 27.4 Å². The van der Waals surface area contributed by atoms with Gasteiger partial charge in [-0.05, 0) is 61.3 Å². The second kappa shape index (κ2) is 7.12. The summed E-state index contributed by atoms with van der Waals surface area (Å²) in [5, 5.41) is 21.5. The van der Waals surface area contributed by atoms with Crippen molar-refractivity contribution in [3.63, 3.8) is 0 Å². The highest BCUT2D eigenvalue weighted by atomic mass is 16.6. The number of rotatable bonds is 5. The van der Waals surface area contributed by atoms with Crippen molar-refractivity contribution in [1.29, 1.82) is 0 Å². The first kappa shape index (κ1) is 21.2. The van der Waals surface area contributed by atoms with E-state index in [1.165, 1.54) is 12.5 Å². The molecule has 0 aromatic carbocycles. The Labute approximate surface area is 158 Å². The Morgan fingerprint density at radius 3 is 2.58 bits per heavy atom. The van der Waals surface area contributed by atoms with E-state index >= 15 is 0 Å². The molecular weight excluding hydrogens is 328 g/mol. The van der Waals surface area contributed by atoms with Gasteiger partial charge < -0.3 is 14.9 Å². The number of esters is 1. The summed E-state index contributed by atoms with van der Waals surface area (Å²) in [4.78, 5) is 11.7. The summed E-state index contributed by atoms with van der Waals surface area (Å²) in [6.45, 7) is 15.5. The van der Waals surface area contributed by atoms with Crippen molar-refractivity contribution in [3.8, 4) is 0 Å². The molecule has 0 spiro atoms. The first-order chi connectivity index (χ1) is 11.9. The van der Waals surface area contributed by atoms with Crippen molar-refractivity contribution in [2.24, 2.45) is 16.7 Å². The van der Waals surface area contributed by atoms with Gasteiger partial charge in [-0.25, -0.2) is 0 Å². The van der Waals surface area contributed by atoms with Gasteiger partial charge in [-0.15, -0.1) is 6.58 Å². The Hall–Kier alpha value is -1.13. The van der Waals surface area contributed by atoms with Gasteiger partial charge >= 0.3 is 5.97 Å². The largest absolute Gasteiger partial charge is 0.455 e. The van der Waals surface area contributed by atoms with Gasteiger partial charge in [0.05, 0.1) is 11.7 Å². The first-order valence-corrected chi connectivity index (χ1v) is 9.81. The molecule has 4 nitrogen and oxygen atoms in total. The van der Waals surface area contributed by atoms with E-state index in [9.17, 15) is 15.0 Å². The third kappa shape index (κ3) is 3.77. The zero-order valence-electron chi connectivity index (χ0n) is 17.3. The average molecular weight is 365 g/mol. The smallest absolute Gasteiger partial charge is 0.303 e. The zero-order valence-corrected chi connectivity index (χ0v) is 17.3. The van der Waals surface area contributed by atoms with E-state index in [4.69, 9.17) is 4.74 Å². The summed E-state index contributed by atoms with van der Waals surface area (Å²) in [5.41, 5.74) is 1.14. The summed E-state index contributed by atoms with van der Waals surface area (Å²) in [6.07, 6.45) is 4.68. The van der Waals surface area contributed by atoms with Gasteiger partial charge in [-0.3, -0.25) is 4.79 Å². The zero-order chi connectivity index (χ0) is 19.9. The maximum absolute atomic E-state index is 11.7. The van der Waals surface area contributed by atoms with Crippen LogP contribution in [0, 0.1) is 16.7 Å². The molecule has 0 radical (unpaired) electrons. The number of hydrogen-bond donors (Lipinski definition) is 2. The minimum Gasteiger partial charge on any atom is -0.455 e. The summed E-state index contributed by atoms with van der Waals surface area (Å²) in [6, 6.07) is 0. The van der Waals surface area contributed by atoms with Crippen molar-refractivity contribution in [3.05, 3.63) is 23.8 Å². The van der Waals surface area contributed by atoms with Gasteiger partial charge in [0.25, 0.3) is 0 Å². The van der Waals surface area contributed by atoms with Gasteiger partial charge in [0.1, 0.15) is 6.10 Å². The van der Waals surface area contributed by atoms with Crippen LogP contribution in [0.4, 0.5) is 0 Å². The molecule has 0 bridgehead atoms. The van der Waals surface area contributed by atoms with E-state index in [1.54, 1.807) is 13.0 Å². The predicted octanol–water partition coefficient (Wildman–Crippen LogP) is 4.16. The molecule has 0 saturated heterocycles. The van der Waals surface area contributed by atoms with Crippen molar-refractivity contribution in [2.45, 2.75) is 91.5 Å². The number of carbonyl (C=O) groups excluding carboxylic acids is 1. The van der Waals surface area contributed by atoms with Crippen LogP contribution in [0.5, 0.6) is 0 Å². The van der Waals surface area contributed by atoms with Crippen molar-refractivity contribution < 1.29 is 19.7 Å². The lowest BCUT2D eigenvalue weighted by atomic mass is 9.53. The molecule has 0 fully saturated rings. The van der Waals surface area contributed by atoms with Gasteiger partial charge in [0, 0.05) is 6.92 Å². The Morgan fingerprint density at radius 1 is 1.42 bits per heavy atom. The van der Waals surface area contributed by atoms with Crippen molar-refractivity contribution in [2.75, 3.05) is 0 Å². The van der Waals surface area contributed by atoms with E-state index < -0.39 is 17.8 Å². The fraction of sp³-hybridized carbons (Fsp3) is 0.773. The summed E-state index contributed by atoms with van der Waals surface area (Å²) in [5.74, 6) is -0.423. The molecule has 2 rings (SSSR count). The maximum atomic E-state index is 11.7. The monoisotopic (exact) mass is 364 g/mol. The van der Waals surface area contributed by atoms with Gasteiger partial charge in [-0.2, -0.15) is 0 Å². The van der Waals surface area contributed by atoms with E-state index in [0.717, 1.165) is 31.3 Å². The van der Waals surface area contributed by atoms with Gasteiger partial charge in [0.2, 0.25) is 0 Å². The van der Waals surface area contributed by atoms with Gasteiger partial charge in [0.15, 0.2) is 0 Å². The highest BCUT2D eigenvalue weighted by Crippen LogP contribution is 2.57. The third-order valence-corrected chi connectivity index (χ3v) is 6.97. The molecule has 26 heavy (non-hydrogen) atoms. The molecule has 0 aromatic rings. The number of allylic oxidation sites excluding steroid dienone is 1. The molecule has 0 amide bonds. The maximum Gasteiger partial charge on any atom is 0.303 e. The fourth-order valence-electron chi connectivity index (χ4n) is 4.92. The molecule has 5 atom stereocenters. The highest BCUT2D eigenvalue weighted by Gasteiger charge is 2.53. The summed E-state index contributed by atoms with van der Waals surface area (Å²) >= 11 is 0. The van der Waals surface area contributed by atoms with Crippen molar-refractivity contribution >= 4 is 5.97 Å². The third-order valence-electron chi connectivity index (χ3n) is 6.97. The van der Waals surface area contributed by atoms with Crippen LogP contribution in [0.3, 0.4) is 0 Å². The molecule has 2 aliphatic rings. The number of carbonyl (C=O) groups is 1. The Balaban J connectivity index is 2.54. The standard InChI is InChI=1S/C22H36O4/c1-8-21(6,25)12-13-22(7)14(2)18(24)19(26-15(3)23)17-16(22)10-9-11-20(17,4)5/h8,14,18-19,24-25H,1,9-13H2,2-7H3/t14-,18-,19+,21+,22-/m1/s1. The molecule has 148 valence electrons. The van der Waals surface area contributed by atoms with Crippen LogP contribution in [-0.4, -0.2) is 34.0 Å². The molecule has 0 aliphatic heterocycles. The first-order valence-electron chi connectivity index (χ1n) is 9.81. The lowest BCUT2D eigenvalue weighted by Crippen LogP contribution is -2.53. The van der Waals surface area contributed by atoms with E-state index in [1.807, 2.05) is 6.92 Å². The molecular formula is C22H36O4. The Bertz CT molecular complexity index is 601. The van der Waals surface area contributed by atoms with Crippen LogP contribution >= 0.6 is 0 Å². The van der Waals surface area contributed by atoms with Crippen molar-refractivity contribution in [1.82, 2.24) is 0 Å². The quantitative estimate of drug-likeness (QED) is 0.568. The topological polar surface area (TPSA) is 66.8 Å². The highest BCUT2D eigenvalue weighted by molar-refractivity contribution is 5.67. The second-order valence-corrected chi connectivity index (χ2v) is 9.42. The molecule has 0 unspecified atom stereocenters. The number of aliphatic hydroxyl groups excluding tert-OH is 1. The van der Waals surface area contributed by atoms with Crippen LogP contribution in [0.2, 0.25) is 0 Å². The lowest BCUT2D eigenvalue weighted by Gasteiger charge is -2.54. The summed E-state index contributed by atoms with van der Waals surface area (Å²) in [7, 11) is 0. The molecule has 0 heterocycles. The number of ether oxygens (including phenoxy) is 1. The molecule has 4 heteroatoms. The van der Waals surface area contributed by atoms with Crippen LogP contribution in [0.1, 0.15) is 73.6 Å². The Kier molecular flexibility index (Phi) is 5.80. The summed E-state index contributed by atoms with van der Waals surface area (Å²) < 4.78 is 5.63. The van der Waals surface area contributed by atoms with Gasteiger partial charge in [-0.1, -0.05) is 39.3 Å². The molecule has 2 aliphatic carbocycles. The lowest BCUT2D eigenvalue weighted by molar-refractivity contribution is -0.156. The Morgan fingerprint density at radius 2 is 2.04 bits per heavy atom. The number of hydrogen-bond acceptors (Lipinski definition) is 4. The number of aliphatic hydroxyl groups is 2. The van der Waals surface area contributed by atoms with Crippen LogP contribution in [0.15, 0.2) is 23.8 Å². The predicted molar refractivity (Wildman–Crippen MR) is 104 cm³/mol. The van der Waals surface area contributed by atoms with Crippen LogP contribution in [0.25, 0.3) is 0 Å². The normalized spacial score (nSPS) is 36.1. The fourth-order valence-corrected chi connectivity index (χ4v) is 4.92. The molecule has 0 aromatic heterocycles. The molecule has 0 saturated carbocycles. The SMILES string of the molecule is C=C[C@](C)(O)CC[C@@]1(C)C2=C([C@H](OC(C)=O)[C@H](O)[C@H]1C)C(C)(C)CCC2. The van der Waals surface area contributed by atoms with Crippen LogP contribution < -0.4 is 0 Å². The second-order valence-electron chi connectivity index (χ2n) is 9.42. The molecule has 2 N–H and O–H groups in total. The average Bonchev–Trinajstić information content (AvgIpc) is 2.54. The van der Waals surface area contributed by atoms with Crippen LogP contribution in [-0.2, 0) is 9.53 Å². The van der Waals surface area contributed by atoms with E-state index in [0.29, 0.717) is 6.42 Å². The van der Waals surface area contributed by atoms with E-state index in [-0.39, 0.29) is 22.7 Å².